The molecule has 0 bridgehead atoms. The first kappa shape index (κ1) is 8.96. The molecule has 0 amide bonds. The lowest BCUT2D eigenvalue weighted by atomic mass is 10.1. The molecule has 0 aromatic carbocycles. The summed E-state index contributed by atoms with van der Waals surface area (Å²) in [5.41, 5.74) is 0. The van der Waals surface area contributed by atoms with E-state index >= 15 is 0 Å². The number of methoxy groups -OCH3 is 1. The van der Waals surface area contributed by atoms with Gasteiger partial charge in [0.1, 0.15) is 5.94 Å². The van der Waals surface area contributed by atoms with E-state index in [0.29, 0.717) is 5.92 Å². The Morgan fingerprint density at radius 2 is 2.18 bits per heavy atom. The second-order valence-corrected chi connectivity index (χ2v) is 4.90. The first-order chi connectivity index (χ1) is 5.14. The molecule has 0 aromatic rings. The van der Waals surface area contributed by atoms with Gasteiger partial charge in [0.15, 0.2) is 9.84 Å². The topological polar surface area (TPSA) is 55.4 Å². The van der Waals surface area contributed by atoms with Crippen molar-refractivity contribution in [1.29, 1.82) is 0 Å². The highest BCUT2D eigenvalue weighted by Crippen LogP contribution is 2.07. The number of ether oxygens (including phenoxy) is 1. The predicted molar refractivity (Wildman–Crippen MR) is 42.0 cm³/mol. The van der Waals surface area contributed by atoms with Crippen molar-refractivity contribution < 1.29 is 13.2 Å². The molecular formula is C6H13NO3S. The van der Waals surface area contributed by atoms with Gasteiger partial charge in [0.2, 0.25) is 0 Å². The largest absolute Gasteiger partial charge is 0.369 e. The van der Waals surface area contributed by atoms with Gasteiger partial charge in [-0.05, 0) is 5.92 Å². The summed E-state index contributed by atoms with van der Waals surface area (Å²) in [5.74, 6) is 0.410. The van der Waals surface area contributed by atoms with E-state index in [-0.39, 0.29) is 11.7 Å². The first-order valence-corrected chi connectivity index (χ1v) is 5.36. The van der Waals surface area contributed by atoms with E-state index < -0.39 is 9.84 Å². The highest BCUT2D eigenvalue weighted by atomic mass is 32.2. The van der Waals surface area contributed by atoms with Gasteiger partial charge in [-0.3, -0.25) is 0 Å². The molecule has 1 heterocycles. The van der Waals surface area contributed by atoms with Crippen LogP contribution in [0.15, 0.2) is 0 Å². The summed E-state index contributed by atoms with van der Waals surface area (Å²) < 4.78 is 26.7. The zero-order valence-corrected chi connectivity index (χ0v) is 7.36. The van der Waals surface area contributed by atoms with Crippen LogP contribution in [0.3, 0.4) is 0 Å². The zero-order chi connectivity index (χ0) is 8.32. The van der Waals surface area contributed by atoms with Gasteiger partial charge in [-0.2, -0.15) is 0 Å². The molecule has 66 valence electrons. The molecule has 1 saturated heterocycles. The Kier molecular flexibility index (Phi) is 2.86. The van der Waals surface area contributed by atoms with E-state index in [1.807, 2.05) is 0 Å². The Bertz CT molecular complexity index is 208. The van der Waals surface area contributed by atoms with Crippen LogP contribution in [0.4, 0.5) is 0 Å². The number of hydrogen-bond donors (Lipinski definition) is 1. The van der Waals surface area contributed by atoms with Crippen molar-refractivity contribution in [2.75, 3.05) is 31.9 Å². The van der Waals surface area contributed by atoms with Gasteiger partial charge in [-0.1, -0.05) is 0 Å². The summed E-state index contributed by atoms with van der Waals surface area (Å²) in [4.78, 5) is 0. The van der Waals surface area contributed by atoms with Crippen LogP contribution >= 0.6 is 0 Å². The lowest BCUT2D eigenvalue weighted by molar-refractivity contribution is 0.248. The molecule has 11 heavy (non-hydrogen) atoms. The van der Waals surface area contributed by atoms with Crippen molar-refractivity contribution in [2.24, 2.45) is 5.92 Å². The molecule has 0 saturated carbocycles. The first-order valence-electron chi connectivity index (χ1n) is 3.54. The van der Waals surface area contributed by atoms with Crippen LogP contribution in [0.25, 0.3) is 0 Å². The molecule has 1 N–H and O–H groups in total. The van der Waals surface area contributed by atoms with Crippen LogP contribution in [0.1, 0.15) is 0 Å². The van der Waals surface area contributed by atoms with Crippen molar-refractivity contribution in [3.63, 3.8) is 0 Å². The minimum absolute atomic E-state index is 0.149. The van der Waals surface area contributed by atoms with Crippen molar-refractivity contribution in [3.05, 3.63) is 0 Å². The average Bonchev–Trinajstić information content (AvgIpc) is 1.79. The van der Waals surface area contributed by atoms with Crippen LogP contribution in [0.5, 0.6) is 0 Å². The Morgan fingerprint density at radius 3 is 2.55 bits per heavy atom. The number of hydrogen-bond acceptors (Lipinski definition) is 4. The lowest BCUT2D eigenvalue weighted by Gasteiger charge is -2.26. The molecule has 1 fully saturated rings. The van der Waals surface area contributed by atoms with Crippen LogP contribution in [0.2, 0.25) is 0 Å². The lowest BCUT2D eigenvalue weighted by Crippen LogP contribution is -2.45. The van der Waals surface area contributed by atoms with Crippen molar-refractivity contribution in [1.82, 2.24) is 5.32 Å². The number of rotatable bonds is 4. The third-order valence-electron chi connectivity index (χ3n) is 1.65. The van der Waals surface area contributed by atoms with Gasteiger partial charge < -0.3 is 10.1 Å². The maximum atomic E-state index is 11.1. The molecular weight excluding hydrogens is 166 g/mol. The standard InChI is InChI=1S/C6H13NO3S/c1-10-5-11(8,9)4-6-2-7-3-6/h6-7H,2-5H2,1H3. The maximum Gasteiger partial charge on any atom is 0.174 e. The fourth-order valence-corrected chi connectivity index (χ4v) is 2.46. The molecule has 5 heteroatoms. The van der Waals surface area contributed by atoms with Gasteiger partial charge in [-0.25, -0.2) is 8.42 Å². The molecule has 0 radical (unpaired) electrons. The van der Waals surface area contributed by atoms with E-state index in [2.05, 4.69) is 10.1 Å². The highest BCUT2D eigenvalue weighted by Gasteiger charge is 2.23. The van der Waals surface area contributed by atoms with Gasteiger partial charge in [0, 0.05) is 20.2 Å². The fourth-order valence-electron chi connectivity index (χ4n) is 1.05. The minimum Gasteiger partial charge on any atom is -0.369 e. The maximum absolute atomic E-state index is 11.1. The molecule has 4 nitrogen and oxygen atoms in total. The second-order valence-electron chi connectivity index (χ2n) is 2.84. The highest BCUT2D eigenvalue weighted by molar-refractivity contribution is 7.91. The second kappa shape index (κ2) is 3.51. The van der Waals surface area contributed by atoms with Crippen LogP contribution in [-0.4, -0.2) is 40.3 Å². The number of nitrogens with one attached hydrogen (secondary N) is 1. The molecule has 1 aliphatic heterocycles. The third kappa shape index (κ3) is 2.76. The molecule has 0 unspecified atom stereocenters. The van der Waals surface area contributed by atoms with Crippen molar-refractivity contribution in [2.45, 2.75) is 0 Å². The van der Waals surface area contributed by atoms with Crippen LogP contribution in [0, 0.1) is 5.92 Å². The van der Waals surface area contributed by atoms with E-state index in [0.717, 1.165) is 13.1 Å². The SMILES string of the molecule is COCS(=O)(=O)CC1CNC1. The fraction of sp³-hybridized carbons (Fsp3) is 1.00. The van der Waals surface area contributed by atoms with E-state index in [1.165, 1.54) is 7.11 Å². The van der Waals surface area contributed by atoms with E-state index in [4.69, 9.17) is 0 Å². The summed E-state index contributed by atoms with van der Waals surface area (Å²) in [6.45, 7) is 1.64. The predicted octanol–water partition coefficient (Wildman–Crippen LogP) is -0.775. The van der Waals surface area contributed by atoms with Gasteiger partial charge in [-0.15, -0.1) is 0 Å². The van der Waals surface area contributed by atoms with Crippen LogP contribution in [-0.2, 0) is 14.6 Å². The smallest absolute Gasteiger partial charge is 0.174 e. The summed E-state index contributed by atoms with van der Waals surface area (Å²) in [7, 11) is -1.55. The van der Waals surface area contributed by atoms with Crippen molar-refractivity contribution >= 4 is 9.84 Å². The van der Waals surface area contributed by atoms with Gasteiger partial charge in [0.25, 0.3) is 0 Å². The van der Waals surface area contributed by atoms with Gasteiger partial charge in [0.05, 0.1) is 5.75 Å². The molecule has 0 spiro atoms. The van der Waals surface area contributed by atoms with Crippen molar-refractivity contribution in [3.8, 4) is 0 Å². The normalized spacial score (nSPS) is 19.7. The molecule has 1 rings (SSSR count). The van der Waals surface area contributed by atoms with Crippen LogP contribution < -0.4 is 5.32 Å². The Balaban J connectivity index is 2.33. The summed E-state index contributed by atoms with van der Waals surface area (Å²) in [5, 5.41) is 3.02. The Labute approximate surface area is 66.8 Å². The van der Waals surface area contributed by atoms with E-state index in [9.17, 15) is 8.42 Å². The molecule has 0 aliphatic carbocycles. The molecule has 1 aliphatic rings. The third-order valence-corrected chi connectivity index (χ3v) is 3.23. The van der Waals surface area contributed by atoms with Gasteiger partial charge >= 0.3 is 0 Å². The summed E-state index contributed by atoms with van der Waals surface area (Å²) >= 11 is 0. The zero-order valence-electron chi connectivity index (χ0n) is 6.54. The minimum atomic E-state index is -2.95. The Morgan fingerprint density at radius 1 is 1.55 bits per heavy atom. The van der Waals surface area contributed by atoms with E-state index in [1.54, 1.807) is 0 Å². The number of sulfone groups is 1. The monoisotopic (exact) mass is 179 g/mol. The summed E-state index contributed by atoms with van der Waals surface area (Å²) in [6, 6.07) is 0. The molecule has 0 aromatic heterocycles. The summed E-state index contributed by atoms with van der Waals surface area (Å²) in [6.07, 6.45) is 0. The Hall–Kier alpha value is -0.130. The quantitative estimate of drug-likeness (QED) is 0.615. The molecule has 0 atom stereocenters. The average molecular weight is 179 g/mol.